The quantitative estimate of drug-likeness (QED) is 0.827. The third-order valence-electron chi connectivity index (χ3n) is 3.29. The number of hydrogen-bond donors (Lipinski definition) is 1. The van der Waals surface area contributed by atoms with Crippen LogP contribution < -0.4 is 0 Å². The lowest BCUT2D eigenvalue weighted by molar-refractivity contribution is -0.150. The highest BCUT2D eigenvalue weighted by Crippen LogP contribution is 2.37. The largest absolute Gasteiger partial charge is 0.466 e. The number of ether oxygens (including phenoxy) is 1. The number of nitrogens with zero attached hydrogens (tertiary/aromatic N) is 1. The molecule has 1 aliphatic carbocycles. The summed E-state index contributed by atoms with van der Waals surface area (Å²) in [6.45, 7) is 3.94. The average molecular weight is 247 g/mol. The number of aromatic nitrogens is 1. The fourth-order valence-corrected chi connectivity index (χ4v) is 2.28. The van der Waals surface area contributed by atoms with E-state index in [0.29, 0.717) is 13.0 Å². The smallest absolute Gasteiger partial charge is 0.312 e. The molecule has 1 N–H and O–H groups in total. The van der Waals surface area contributed by atoms with Crippen molar-refractivity contribution < 1.29 is 14.6 Å². The molecule has 18 heavy (non-hydrogen) atoms. The van der Waals surface area contributed by atoms with Gasteiger partial charge < -0.3 is 9.84 Å². The molecular weight excluding hydrogens is 230 g/mol. The molecule has 4 nitrogen and oxygen atoms in total. The molecule has 0 aliphatic heterocycles. The summed E-state index contributed by atoms with van der Waals surface area (Å²) in [6, 6.07) is 5.62. The van der Waals surface area contributed by atoms with Gasteiger partial charge in [0.05, 0.1) is 24.3 Å². The number of pyridine rings is 1. The van der Waals surface area contributed by atoms with Crippen molar-refractivity contribution >= 4 is 11.5 Å². The van der Waals surface area contributed by atoms with E-state index in [1.807, 2.05) is 25.1 Å². The van der Waals surface area contributed by atoms with Gasteiger partial charge in [-0.2, -0.15) is 0 Å². The Balaban J connectivity index is 2.22. The third-order valence-corrected chi connectivity index (χ3v) is 3.29. The molecule has 1 aromatic heterocycles. The predicted molar refractivity (Wildman–Crippen MR) is 67.6 cm³/mol. The second kappa shape index (κ2) is 5.31. The first-order chi connectivity index (χ1) is 8.65. The Morgan fingerprint density at radius 2 is 2.33 bits per heavy atom. The highest BCUT2D eigenvalue weighted by Gasteiger charge is 2.37. The van der Waals surface area contributed by atoms with E-state index >= 15 is 0 Å². The fourth-order valence-electron chi connectivity index (χ4n) is 2.28. The van der Waals surface area contributed by atoms with Crippen LogP contribution in [0.25, 0.3) is 5.57 Å². The fraction of sp³-hybridized carbons (Fsp3) is 0.429. The number of esters is 1. The van der Waals surface area contributed by atoms with Gasteiger partial charge in [0, 0.05) is 6.20 Å². The zero-order valence-electron chi connectivity index (χ0n) is 10.6. The molecule has 1 aliphatic rings. The van der Waals surface area contributed by atoms with Crippen molar-refractivity contribution in [1.29, 1.82) is 0 Å². The van der Waals surface area contributed by atoms with Crippen LogP contribution in [0.3, 0.4) is 0 Å². The number of aliphatic hydroxyl groups is 1. The van der Waals surface area contributed by atoms with Crippen molar-refractivity contribution in [3.05, 3.63) is 35.7 Å². The number of rotatable bonds is 3. The highest BCUT2D eigenvalue weighted by molar-refractivity contribution is 5.82. The van der Waals surface area contributed by atoms with Crippen molar-refractivity contribution in [2.45, 2.75) is 26.4 Å². The maximum absolute atomic E-state index is 11.7. The number of carbonyl (C=O) groups excluding carboxylic acids is 1. The van der Waals surface area contributed by atoms with Crippen LogP contribution in [0.2, 0.25) is 0 Å². The van der Waals surface area contributed by atoms with E-state index in [-0.39, 0.29) is 5.97 Å². The molecule has 2 rings (SSSR count). The third kappa shape index (κ3) is 2.29. The van der Waals surface area contributed by atoms with Crippen LogP contribution in [0.5, 0.6) is 0 Å². The molecule has 2 atom stereocenters. The standard InChI is InChI=1S/C14H17NO3/c1-3-18-14(17)11-8-10(9(2)13(11)16)12-6-4-5-7-15-12/h4-7,11,13,16H,3,8H2,1-2H3/t11-,13-/m1/s1. The lowest BCUT2D eigenvalue weighted by Crippen LogP contribution is -2.26. The van der Waals surface area contributed by atoms with Gasteiger partial charge in [-0.3, -0.25) is 9.78 Å². The van der Waals surface area contributed by atoms with Gasteiger partial charge in [-0.25, -0.2) is 0 Å². The van der Waals surface area contributed by atoms with Crippen molar-refractivity contribution in [3.8, 4) is 0 Å². The summed E-state index contributed by atoms with van der Waals surface area (Å²) < 4.78 is 4.98. The molecule has 0 saturated heterocycles. The van der Waals surface area contributed by atoms with Crippen LogP contribution in [0.15, 0.2) is 30.0 Å². The molecule has 0 fully saturated rings. The lowest BCUT2D eigenvalue weighted by atomic mass is 10.0. The molecule has 0 aromatic carbocycles. The molecule has 1 heterocycles. The summed E-state index contributed by atoms with van der Waals surface area (Å²) in [7, 11) is 0. The molecule has 1 aromatic rings. The first-order valence-electron chi connectivity index (χ1n) is 6.11. The van der Waals surface area contributed by atoms with Gasteiger partial charge in [-0.15, -0.1) is 0 Å². The summed E-state index contributed by atoms with van der Waals surface area (Å²) in [5.41, 5.74) is 2.58. The number of hydrogen-bond acceptors (Lipinski definition) is 4. The van der Waals surface area contributed by atoms with Gasteiger partial charge in [0.2, 0.25) is 0 Å². The van der Waals surface area contributed by atoms with Crippen molar-refractivity contribution in [3.63, 3.8) is 0 Å². The van der Waals surface area contributed by atoms with E-state index in [1.165, 1.54) is 0 Å². The van der Waals surface area contributed by atoms with Crippen LogP contribution >= 0.6 is 0 Å². The van der Waals surface area contributed by atoms with Gasteiger partial charge in [-0.05, 0) is 43.5 Å². The van der Waals surface area contributed by atoms with Crippen molar-refractivity contribution in [2.24, 2.45) is 5.92 Å². The maximum atomic E-state index is 11.7. The van der Waals surface area contributed by atoms with Crippen molar-refractivity contribution in [2.75, 3.05) is 6.61 Å². The summed E-state index contributed by atoms with van der Waals surface area (Å²) >= 11 is 0. The molecule has 0 bridgehead atoms. The number of allylic oxidation sites excluding steroid dienone is 1. The highest BCUT2D eigenvalue weighted by atomic mass is 16.5. The van der Waals surface area contributed by atoms with E-state index in [0.717, 1.165) is 16.8 Å². The van der Waals surface area contributed by atoms with Crippen LogP contribution in [-0.2, 0) is 9.53 Å². The molecule has 96 valence electrons. The van der Waals surface area contributed by atoms with Crippen LogP contribution in [0.4, 0.5) is 0 Å². The first-order valence-corrected chi connectivity index (χ1v) is 6.11. The minimum atomic E-state index is -0.763. The monoisotopic (exact) mass is 247 g/mol. The van der Waals surface area contributed by atoms with Gasteiger partial charge >= 0.3 is 5.97 Å². The molecule has 0 unspecified atom stereocenters. The second-order valence-corrected chi connectivity index (χ2v) is 4.38. The topological polar surface area (TPSA) is 59.4 Å². The van der Waals surface area contributed by atoms with E-state index in [9.17, 15) is 9.90 Å². The Morgan fingerprint density at radius 1 is 1.56 bits per heavy atom. The molecule has 0 saturated carbocycles. The maximum Gasteiger partial charge on any atom is 0.312 e. The normalized spacial score (nSPS) is 23.3. The first kappa shape index (κ1) is 12.8. The van der Waals surface area contributed by atoms with Gasteiger partial charge in [0.1, 0.15) is 0 Å². The van der Waals surface area contributed by atoms with Gasteiger partial charge in [-0.1, -0.05) is 6.07 Å². The predicted octanol–water partition coefficient (Wildman–Crippen LogP) is 1.80. The van der Waals surface area contributed by atoms with E-state index in [1.54, 1.807) is 13.1 Å². The van der Waals surface area contributed by atoms with E-state index in [4.69, 9.17) is 4.74 Å². The van der Waals surface area contributed by atoms with Crippen LogP contribution in [0.1, 0.15) is 26.0 Å². The van der Waals surface area contributed by atoms with Crippen LogP contribution in [-0.4, -0.2) is 28.8 Å². The SMILES string of the molecule is CCOC(=O)[C@@H]1CC(c2ccccn2)=C(C)[C@H]1O. The average Bonchev–Trinajstić information content (AvgIpc) is 2.68. The Morgan fingerprint density at radius 3 is 2.94 bits per heavy atom. The summed E-state index contributed by atoms with van der Waals surface area (Å²) in [6.07, 6.45) is 1.43. The zero-order chi connectivity index (χ0) is 13.1. The Hall–Kier alpha value is -1.68. The molecule has 4 heteroatoms. The van der Waals surface area contributed by atoms with E-state index < -0.39 is 12.0 Å². The summed E-state index contributed by atoms with van der Waals surface area (Å²) in [5.74, 6) is -0.836. The summed E-state index contributed by atoms with van der Waals surface area (Å²) in [5, 5.41) is 10.1. The Labute approximate surface area is 106 Å². The van der Waals surface area contributed by atoms with Gasteiger partial charge in [0.25, 0.3) is 0 Å². The lowest BCUT2D eigenvalue weighted by Gasteiger charge is -2.14. The molecule has 0 spiro atoms. The molecule has 0 radical (unpaired) electrons. The number of carbonyl (C=O) groups is 1. The minimum absolute atomic E-state index is 0.333. The van der Waals surface area contributed by atoms with Gasteiger partial charge in [0.15, 0.2) is 0 Å². The second-order valence-electron chi connectivity index (χ2n) is 4.38. The number of aliphatic hydroxyl groups excluding tert-OH is 1. The zero-order valence-corrected chi connectivity index (χ0v) is 10.6. The Kier molecular flexibility index (Phi) is 3.77. The van der Waals surface area contributed by atoms with E-state index in [2.05, 4.69) is 4.98 Å². The van der Waals surface area contributed by atoms with Crippen LogP contribution in [0, 0.1) is 5.92 Å². The van der Waals surface area contributed by atoms with Crippen molar-refractivity contribution in [1.82, 2.24) is 4.98 Å². The minimum Gasteiger partial charge on any atom is -0.466 e. The summed E-state index contributed by atoms with van der Waals surface area (Å²) in [4.78, 5) is 16.0. The Bertz CT molecular complexity index is 467. The molecular formula is C14H17NO3. The molecule has 0 amide bonds.